The maximum atomic E-state index is 4.68. The molecular formula is C19H22N4. The highest BCUT2D eigenvalue weighted by atomic mass is 15.3. The largest absolute Gasteiger partial charge is 0.365 e. The summed E-state index contributed by atoms with van der Waals surface area (Å²) >= 11 is 0. The summed E-state index contributed by atoms with van der Waals surface area (Å²) in [6.45, 7) is 1.90. The van der Waals surface area contributed by atoms with E-state index in [2.05, 4.69) is 39.3 Å². The summed E-state index contributed by atoms with van der Waals surface area (Å²) in [5.74, 6) is 0. The van der Waals surface area contributed by atoms with Crippen molar-refractivity contribution >= 4 is 0 Å². The van der Waals surface area contributed by atoms with Gasteiger partial charge in [0.1, 0.15) is 0 Å². The van der Waals surface area contributed by atoms with Gasteiger partial charge in [-0.2, -0.15) is 5.10 Å². The van der Waals surface area contributed by atoms with Gasteiger partial charge in [-0.1, -0.05) is 12.2 Å². The van der Waals surface area contributed by atoms with E-state index in [0.29, 0.717) is 0 Å². The Labute approximate surface area is 137 Å². The summed E-state index contributed by atoms with van der Waals surface area (Å²) in [5.41, 5.74) is 6.42. The Hall–Kier alpha value is -2.36. The zero-order valence-electron chi connectivity index (χ0n) is 13.6. The normalized spacial score (nSPS) is 17.5. The molecule has 0 unspecified atom stereocenters. The zero-order chi connectivity index (χ0) is 15.6. The van der Waals surface area contributed by atoms with Crippen molar-refractivity contribution in [1.29, 1.82) is 0 Å². The molecule has 118 valence electrons. The van der Waals surface area contributed by atoms with Gasteiger partial charge < -0.3 is 4.90 Å². The maximum absolute atomic E-state index is 4.68. The topological polar surface area (TPSA) is 34.0 Å². The van der Waals surface area contributed by atoms with Crippen LogP contribution in [0.3, 0.4) is 0 Å². The van der Waals surface area contributed by atoms with Crippen molar-refractivity contribution in [3.63, 3.8) is 0 Å². The fourth-order valence-corrected chi connectivity index (χ4v) is 3.57. The lowest BCUT2D eigenvalue weighted by Crippen LogP contribution is -2.28. The first-order valence-electron chi connectivity index (χ1n) is 8.38. The molecule has 3 heterocycles. The molecule has 0 amide bonds. The molecule has 1 aliphatic carbocycles. The van der Waals surface area contributed by atoms with Crippen molar-refractivity contribution in [2.45, 2.75) is 32.2 Å². The van der Waals surface area contributed by atoms with Crippen LogP contribution in [0.25, 0.3) is 11.3 Å². The van der Waals surface area contributed by atoms with E-state index in [0.717, 1.165) is 30.0 Å². The number of aromatic nitrogens is 3. The second-order valence-corrected chi connectivity index (χ2v) is 6.34. The van der Waals surface area contributed by atoms with E-state index in [1.54, 1.807) is 0 Å². The predicted molar refractivity (Wildman–Crippen MR) is 91.5 cm³/mol. The van der Waals surface area contributed by atoms with Crippen LogP contribution in [0.15, 0.2) is 54.0 Å². The molecular weight excluding hydrogens is 284 g/mol. The van der Waals surface area contributed by atoms with Crippen molar-refractivity contribution in [3.05, 3.63) is 59.7 Å². The van der Waals surface area contributed by atoms with E-state index in [-0.39, 0.29) is 0 Å². The summed E-state index contributed by atoms with van der Waals surface area (Å²) in [4.78, 5) is 7.16. The molecule has 0 saturated heterocycles. The first kappa shape index (κ1) is 14.2. The smallest absolute Gasteiger partial charge is 0.0694 e. The Morgan fingerprint density at radius 2 is 2.04 bits per heavy atom. The third-order valence-electron chi connectivity index (χ3n) is 4.80. The van der Waals surface area contributed by atoms with Gasteiger partial charge in [-0.3, -0.25) is 9.67 Å². The Balaban J connectivity index is 1.52. The number of aryl methyl sites for hydroxylation is 1. The SMILES string of the molecule is Cn1nccc1-c1ccc(CN2CC=CC3=C2CCCC3)nc1. The molecule has 0 aromatic carbocycles. The Morgan fingerprint density at radius 3 is 2.83 bits per heavy atom. The molecule has 0 radical (unpaired) electrons. The van der Waals surface area contributed by atoms with Crippen LogP contribution in [0.2, 0.25) is 0 Å². The van der Waals surface area contributed by atoms with E-state index in [1.165, 1.54) is 37.0 Å². The van der Waals surface area contributed by atoms with Gasteiger partial charge in [-0.05, 0) is 49.5 Å². The molecule has 2 aromatic heterocycles. The number of rotatable bonds is 3. The number of nitrogens with zero attached hydrogens (tertiary/aromatic N) is 4. The average Bonchev–Trinajstić information content (AvgIpc) is 3.02. The van der Waals surface area contributed by atoms with Crippen LogP contribution in [-0.2, 0) is 13.6 Å². The first-order chi connectivity index (χ1) is 11.3. The summed E-state index contributed by atoms with van der Waals surface area (Å²) < 4.78 is 1.88. The Bertz CT molecular complexity index is 752. The second-order valence-electron chi connectivity index (χ2n) is 6.34. The van der Waals surface area contributed by atoms with Crippen LogP contribution >= 0.6 is 0 Å². The molecule has 0 bridgehead atoms. The molecule has 2 aromatic rings. The van der Waals surface area contributed by atoms with Crippen molar-refractivity contribution in [2.75, 3.05) is 6.54 Å². The van der Waals surface area contributed by atoms with E-state index >= 15 is 0 Å². The zero-order valence-corrected chi connectivity index (χ0v) is 13.6. The highest BCUT2D eigenvalue weighted by molar-refractivity contribution is 5.57. The maximum Gasteiger partial charge on any atom is 0.0694 e. The predicted octanol–water partition coefficient (Wildman–Crippen LogP) is 3.68. The minimum atomic E-state index is 0.898. The van der Waals surface area contributed by atoms with Crippen molar-refractivity contribution < 1.29 is 0 Å². The molecule has 1 aliphatic heterocycles. The van der Waals surface area contributed by atoms with E-state index < -0.39 is 0 Å². The van der Waals surface area contributed by atoms with Crippen LogP contribution < -0.4 is 0 Å². The third kappa shape index (κ3) is 2.81. The number of hydrogen-bond donors (Lipinski definition) is 0. The lowest BCUT2D eigenvalue weighted by atomic mass is 9.93. The van der Waals surface area contributed by atoms with Crippen LogP contribution in [0.4, 0.5) is 0 Å². The standard InChI is InChI=1S/C19H22N4/c1-22-18(10-11-21-22)16-8-9-17(20-13-16)14-23-12-4-6-15-5-2-3-7-19(15)23/h4,6,8-11,13H,2-3,5,7,12,14H2,1H3. The van der Waals surface area contributed by atoms with Gasteiger partial charge in [0.2, 0.25) is 0 Å². The van der Waals surface area contributed by atoms with Gasteiger partial charge >= 0.3 is 0 Å². The lowest BCUT2D eigenvalue weighted by Gasteiger charge is -2.33. The average molecular weight is 306 g/mol. The molecule has 23 heavy (non-hydrogen) atoms. The van der Waals surface area contributed by atoms with Gasteiger partial charge in [-0.15, -0.1) is 0 Å². The molecule has 0 saturated carbocycles. The Morgan fingerprint density at radius 1 is 1.13 bits per heavy atom. The molecule has 4 heteroatoms. The summed E-state index contributed by atoms with van der Waals surface area (Å²) in [5, 5.41) is 4.22. The highest BCUT2D eigenvalue weighted by Crippen LogP contribution is 2.31. The summed E-state index contributed by atoms with van der Waals surface area (Å²) in [6, 6.07) is 6.31. The van der Waals surface area contributed by atoms with Gasteiger partial charge in [0.15, 0.2) is 0 Å². The molecule has 0 spiro atoms. The second kappa shape index (κ2) is 6.03. The summed E-state index contributed by atoms with van der Waals surface area (Å²) in [6.07, 6.45) is 13.5. The molecule has 0 N–H and O–H groups in total. The lowest BCUT2D eigenvalue weighted by molar-refractivity contribution is 0.333. The third-order valence-corrected chi connectivity index (χ3v) is 4.80. The van der Waals surface area contributed by atoms with Gasteiger partial charge in [0, 0.05) is 37.2 Å². The van der Waals surface area contributed by atoms with Gasteiger partial charge in [0.25, 0.3) is 0 Å². The van der Waals surface area contributed by atoms with Crippen molar-refractivity contribution in [1.82, 2.24) is 19.7 Å². The summed E-state index contributed by atoms with van der Waals surface area (Å²) in [7, 11) is 1.96. The molecule has 0 atom stereocenters. The van der Waals surface area contributed by atoms with Crippen LogP contribution in [-0.4, -0.2) is 26.2 Å². The quantitative estimate of drug-likeness (QED) is 0.867. The number of hydrogen-bond acceptors (Lipinski definition) is 3. The number of pyridine rings is 1. The van der Waals surface area contributed by atoms with Gasteiger partial charge in [-0.25, -0.2) is 0 Å². The highest BCUT2D eigenvalue weighted by Gasteiger charge is 2.19. The minimum Gasteiger partial charge on any atom is -0.365 e. The fraction of sp³-hybridized carbons (Fsp3) is 0.368. The fourth-order valence-electron chi connectivity index (χ4n) is 3.57. The van der Waals surface area contributed by atoms with Crippen LogP contribution in [0, 0.1) is 0 Å². The van der Waals surface area contributed by atoms with Gasteiger partial charge in [0.05, 0.1) is 17.9 Å². The molecule has 4 nitrogen and oxygen atoms in total. The molecule has 4 rings (SSSR count). The van der Waals surface area contributed by atoms with Crippen molar-refractivity contribution in [2.24, 2.45) is 7.05 Å². The van der Waals surface area contributed by atoms with Crippen LogP contribution in [0.1, 0.15) is 31.4 Å². The monoisotopic (exact) mass is 306 g/mol. The number of allylic oxidation sites excluding steroid dienone is 3. The van der Waals surface area contributed by atoms with E-state index in [4.69, 9.17) is 0 Å². The van der Waals surface area contributed by atoms with E-state index in [9.17, 15) is 0 Å². The first-order valence-corrected chi connectivity index (χ1v) is 8.38. The van der Waals surface area contributed by atoms with Crippen LogP contribution in [0.5, 0.6) is 0 Å². The molecule has 2 aliphatic rings. The van der Waals surface area contributed by atoms with E-state index in [1.807, 2.05) is 30.2 Å². The molecule has 0 fully saturated rings. The Kier molecular flexibility index (Phi) is 3.74. The minimum absolute atomic E-state index is 0.898. The van der Waals surface area contributed by atoms with Crippen molar-refractivity contribution in [3.8, 4) is 11.3 Å².